The minimum atomic E-state index is 0.571. The first-order valence-corrected chi connectivity index (χ1v) is 8.76. The van der Waals surface area contributed by atoms with Crippen LogP contribution < -0.4 is 15.5 Å². The van der Waals surface area contributed by atoms with Gasteiger partial charge in [-0.05, 0) is 48.9 Å². The molecule has 5 nitrogen and oxygen atoms in total. The summed E-state index contributed by atoms with van der Waals surface area (Å²) in [5, 5.41) is 7.32. The summed E-state index contributed by atoms with van der Waals surface area (Å²) in [5.41, 5.74) is 4.13. The Labute approximate surface area is 159 Å². The molecule has 0 aliphatic heterocycles. The fraction of sp³-hybridized carbons (Fsp3) is 0.200. The second kappa shape index (κ2) is 8.06. The van der Waals surface area contributed by atoms with Crippen molar-refractivity contribution in [2.75, 3.05) is 29.6 Å². The number of aryl methyl sites for hydroxylation is 1. The topological polar surface area (TPSA) is 53.1 Å². The van der Waals surface area contributed by atoms with Crippen LogP contribution in [0.1, 0.15) is 11.3 Å². The Hall–Kier alpha value is -2.79. The molecule has 2 N–H and O–H groups in total. The van der Waals surface area contributed by atoms with E-state index >= 15 is 0 Å². The van der Waals surface area contributed by atoms with E-state index < -0.39 is 0 Å². The van der Waals surface area contributed by atoms with Crippen molar-refractivity contribution in [1.82, 2.24) is 9.97 Å². The van der Waals surface area contributed by atoms with Crippen LogP contribution in [0.25, 0.3) is 0 Å². The highest BCUT2D eigenvalue weighted by atomic mass is 35.5. The van der Waals surface area contributed by atoms with Gasteiger partial charge in [-0.2, -0.15) is 4.98 Å². The molecule has 6 heteroatoms. The largest absolute Gasteiger partial charge is 0.378 e. The smallest absolute Gasteiger partial charge is 0.229 e. The fourth-order valence-electron chi connectivity index (χ4n) is 2.48. The summed E-state index contributed by atoms with van der Waals surface area (Å²) in [4.78, 5) is 11.1. The summed E-state index contributed by atoms with van der Waals surface area (Å²) >= 11 is 5.92. The zero-order chi connectivity index (χ0) is 18.5. The van der Waals surface area contributed by atoms with Crippen LogP contribution >= 0.6 is 11.6 Å². The van der Waals surface area contributed by atoms with Crippen LogP contribution in [0.3, 0.4) is 0 Å². The van der Waals surface area contributed by atoms with E-state index in [1.165, 1.54) is 0 Å². The summed E-state index contributed by atoms with van der Waals surface area (Å²) in [6.07, 6.45) is 0. The van der Waals surface area contributed by atoms with E-state index in [0.717, 1.165) is 33.5 Å². The van der Waals surface area contributed by atoms with Gasteiger partial charge in [0, 0.05) is 48.8 Å². The van der Waals surface area contributed by atoms with E-state index in [-0.39, 0.29) is 0 Å². The molecule has 0 bridgehead atoms. The van der Waals surface area contributed by atoms with E-state index in [9.17, 15) is 0 Å². The van der Waals surface area contributed by atoms with Gasteiger partial charge < -0.3 is 15.5 Å². The molecule has 0 spiro atoms. The highest BCUT2D eigenvalue weighted by molar-refractivity contribution is 6.30. The van der Waals surface area contributed by atoms with Gasteiger partial charge in [-0.1, -0.05) is 23.7 Å². The molecule has 3 aromatic rings. The zero-order valence-electron chi connectivity index (χ0n) is 15.1. The number of aromatic nitrogens is 2. The standard InChI is InChI=1S/C20H22ClN5/c1-14-12-19(22-13-15-4-6-16(21)7-5-15)25-20(23-14)24-17-8-10-18(11-9-17)26(2)3/h4-12H,13H2,1-3H3,(H2,22,23,24,25). The summed E-state index contributed by atoms with van der Waals surface area (Å²) in [5.74, 6) is 1.35. The molecule has 26 heavy (non-hydrogen) atoms. The maximum Gasteiger partial charge on any atom is 0.229 e. The van der Waals surface area contributed by atoms with E-state index in [4.69, 9.17) is 11.6 Å². The average molecular weight is 368 g/mol. The molecular weight excluding hydrogens is 346 g/mol. The Morgan fingerprint density at radius 3 is 2.31 bits per heavy atom. The first kappa shape index (κ1) is 18.0. The van der Waals surface area contributed by atoms with Gasteiger partial charge in [0.15, 0.2) is 0 Å². The van der Waals surface area contributed by atoms with Gasteiger partial charge in [0.25, 0.3) is 0 Å². The SMILES string of the molecule is Cc1cc(NCc2ccc(Cl)cc2)nc(Nc2ccc(N(C)C)cc2)n1. The van der Waals surface area contributed by atoms with E-state index in [2.05, 4.69) is 37.6 Å². The Morgan fingerprint density at radius 2 is 1.65 bits per heavy atom. The number of hydrogen-bond donors (Lipinski definition) is 2. The molecule has 0 saturated heterocycles. The van der Waals surface area contributed by atoms with Gasteiger partial charge in [-0.3, -0.25) is 0 Å². The molecule has 1 heterocycles. The van der Waals surface area contributed by atoms with Crippen molar-refractivity contribution >= 4 is 34.7 Å². The lowest BCUT2D eigenvalue weighted by atomic mass is 10.2. The van der Waals surface area contributed by atoms with Gasteiger partial charge in [0.1, 0.15) is 5.82 Å². The first-order valence-electron chi connectivity index (χ1n) is 8.38. The maximum absolute atomic E-state index is 5.92. The minimum absolute atomic E-state index is 0.571. The number of nitrogens with one attached hydrogen (secondary N) is 2. The van der Waals surface area contributed by atoms with Gasteiger partial charge in [0.2, 0.25) is 5.95 Å². The molecule has 2 aromatic carbocycles. The van der Waals surface area contributed by atoms with Crippen LogP contribution in [0.4, 0.5) is 23.1 Å². The fourth-order valence-corrected chi connectivity index (χ4v) is 2.61. The molecule has 0 unspecified atom stereocenters. The maximum atomic E-state index is 5.92. The van der Waals surface area contributed by atoms with Gasteiger partial charge in [0.05, 0.1) is 0 Å². The Kier molecular flexibility index (Phi) is 5.58. The van der Waals surface area contributed by atoms with E-state index in [0.29, 0.717) is 12.5 Å². The molecule has 0 saturated carbocycles. The molecule has 3 rings (SSSR count). The third-order valence-corrected chi connectivity index (χ3v) is 4.13. The number of halogens is 1. The molecule has 0 radical (unpaired) electrons. The lowest BCUT2D eigenvalue weighted by molar-refractivity contribution is 1.06. The third kappa shape index (κ3) is 4.86. The van der Waals surface area contributed by atoms with E-state index in [1.54, 1.807) is 0 Å². The van der Waals surface area contributed by atoms with Crippen LogP contribution in [0.5, 0.6) is 0 Å². The summed E-state index contributed by atoms with van der Waals surface area (Å²) in [6.45, 7) is 2.63. The van der Waals surface area contributed by atoms with Crippen LogP contribution in [-0.4, -0.2) is 24.1 Å². The lowest BCUT2D eigenvalue weighted by Crippen LogP contribution is -2.08. The second-order valence-corrected chi connectivity index (χ2v) is 6.70. The molecule has 0 fully saturated rings. The average Bonchev–Trinajstić information content (AvgIpc) is 2.61. The molecule has 0 amide bonds. The summed E-state index contributed by atoms with van der Waals surface area (Å²) in [6, 6.07) is 17.8. The quantitative estimate of drug-likeness (QED) is 0.651. The summed E-state index contributed by atoms with van der Waals surface area (Å²) < 4.78 is 0. The number of rotatable bonds is 6. The Balaban J connectivity index is 1.69. The van der Waals surface area contributed by atoms with Crippen molar-refractivity contribution in [1.29, 1.82) is 0 Å². The Morgan fingerprint density at radius 1 is 0.962 bits per heavy atom. The predicted molar refractivity (Wildman–Crippen MR) is 110 cm³/mol. The lowest BCUT2D eigenvalue weighted by Gasteiger charge is -2.13. The van der Waals surface area contributed by atoms with Crippen LogP contribution in [0, 0.1) is 6.92 Å². The molecule has 0 aliphatic rings. The van der Waals surface area contributed by atoms with E-state index in [1.807, 2.05) is 63.5 Å². The zero-order valence-corrected chi connectivity index (χ0v) is 15.9. The first-order chi connectivity index (χ1) is 12.5. The Bertz CT molecular complexity index is 860. The molecule has 134 valence electrons. The number of benzene rings is 2. The van der Waals surface area contributed by atoms with Crippen LogP contribution in [0.15, 0.2) is 54.6 Å². The third-order valence-electron chi connectivity index (χ3n) is 3.88. The number of hydrogen-bond acceptors (Lipinski definition) is 5. The van der Waals surface area contributed by atoms with Crippen LogP contribution in [0.2, 0.25) is 5.02 Å². The van der Waals surface area contributed by atoms with Crippen molar-refractivity contribution in [3.63, 3.8) is 0 Å². The van der Waals surface area contributed by atoms with Crippen molar-refractivity contribution in [3.8, 4) is 0 Å². The minimum Gasteiger partial charge on any atom is -0.378 e. The van der Waals surface area contributed by atoms with Crippen molar-refractivity contribution in [3.05, 3.63) is 70.9 Å². The van der Waals surface area contributed by atoms with Crippen molar-refractivity contribution in [2.24, 2.45) is 0 Å². The number of nitrogens with zero attached hydrogens (tertiary/aromatic N) is 3. The predicted octanol–water partition coefficient (Wildman–Crippen LogP) is 4.86. The molecular formula is C20H22ClN5. The van der Waals surface area contributed by atoms with Crippen LogP contribution in [-0.2, 0) is 6.54 Å². The molecule has 0 atom stereocenters. The second-order valence-electron chi connectivity index (χ2n) is 6.26. The van der Waals surface area contributed by atoms with Crippen molar-refractivity contribution < 1.29 is 0 Å². The van der Waals surface area contributed by atoms with Gasteiger partial charge in [-0.25, -0.2) is 4.98 Å². The van der Waals surface area contributed by atoms with Crippen molar-refractivity contribution in [2.45, 2.75) is 13.5 Å². The highest BCUT2D eigenvalue weighted by Gasteiger charge is 2.04. The number of anilines is 4. The molecule has 0 aliphatic carbocycles. The summed E-state index contributed by atoms with van der Waals surface area (Å²) in [7, 11) is 4.04. The monoisotopic (exact) mass is 367 g/mol. The molecule has 1 aromatic heterocycles. The van der Waals surface area contributed by atoms with Gasteiger partial charge >= 0.3 is 0 Å². The normalized spacial score (nSPS) is 10.5. The van der Waals surface area contributed by atoms with Gasteiger partial charge in [-0.15, -0.1) is 0 Å². The highest BCUT2D eigenvalue weighted by Crippen LogP contribution is 2.20.